The fraction of sp³-hybridized carbons (Fsp3) is 0.250. The number of carboxylic acids is 1. The molecule has 1 aliphatic heterocycles. The quantitative estimate of drug-likeness (QED) is 0.776. The Morgan fingerprint density at radius 2 is 1.92 bits per heavy atom. The standard InChI is InChI=1S/C16H15N5O3/c22-16(23)13-10-15(20-5-7-24-8-6-20)21-14(18-13)9-12(19-21)11-1-3-17-4-2-11/h1-4,9-10H,5-8H2,(H,22,23). The van der Waals surface area contributed by atoms with Gasteiger partial charge in [0.2, 0.25) is 0 Å². The fourth-order valence-corrected chi connectivity index (χ4v) is 2.75. The van der Waals surface area contributed by atoms with Crippen molar-refractivity contribution in [1.82, 2.24) is 19.6 Å². The molecule has 4 rings (SSSR count). The van der Waals surface area contributed by atoms with Gasteiger partial charge in [-0.25, -0.2) is 9.78 Å². The van der Waals surface area contributed by atoms with Gasteiger partial charge in [-0.2, -0.15) is 9.61 Å². The molecular formula is C16H15N5O3. The number of morpholine rings is 1. The summed E-state index contributed by atoms with van der Waals surface area (Å²) < 4.78 is 7.06. The van der Waals surface area contributed by atoms with Crippen molar-refractivity contribution in [3.05, 3.63) is 42.4 Å². The van der Waals surface area contributed by atoms with Crippen molar-refractivity contribution in [2.45, 2.75) is 0 Å². The summed E-state index contributed by atoms with van der Waals surface area (Å²) in [6.45, 7) is 2.57. The van der Waals surface area contributed by atoms with Gasteiger partial charge in [0, 0.05) is 43.2 Å². The first-order valence-corrected chi connectivity index (χ1v) is 7.59. The number of anilines is 1. The molecule has 0 spiro atoms. The summed E-state index contributed by atoms with van der Waals surface area (Å²) in [6.07, 6.45) is 3.39. The van der Waals surface area contributed by atoms with Crippen LogP contribution < -0.4 is 4.90 Å². The molecule has 1 aliphatic rings. The Morgan fingerprint density at radius 3 is 2.62 bits per heavy atom. The van der Waals surface area contributed by atoms with Gasteiger partial charge in [-0.15, -0.1) is 0 Å². The average Bonchev–Trinajstić information content (AvgIpc) is 3.06. The van der Waals surface area contributed by atoms with Crippen LogP contribution in [0.2, 0.25) is 0 Å². The zero-order valence-corrected chi connectivity index (χ0v) is 12.8. The number of aromatic carboxylic acids is 1. The number of hydrogen-bond acceptors (Lipinski definition) is 6. The molecule has 3 aromatic heterocycles. The summed E-state index contributed by atoms with van der Waals surface area (Å²) >= 11 is 0. The molecular weight excluding hydrogens is 310 g/mol. The molecule has 0 aromatic carbocycles. The Kier molecular flexibility index (Phi) is 3.58. The van der Waals surface area contributed by atoms with Gasteiger partial charge in [0.25, 0.3) is 0 Å². The molecule has 0 saturated carbocycles. The maximum Gasteiger partial charge on any atom is 0.354 e. The number of aromatic nitrogens is 4. The van der Waals surface area contributed by atoms with E-state index in [0.29, 0.717) is 37.8 Å². The summed E-state index contributed by atoms with van der Waals surface area (Å²) in [7, 11) is 0. The van der Waals surface area contributed by atoms with E-state index in [4.69, 9.17) is 4.74 Å². The van der Waals surface area contributed by atoms with E-state index < -0.39 is 5.97 Å². The van der Waals surface area contributed by atoms with Crippen LogP contribution in [0.5, 0.6) is 0 Å². The van der Waals surface area contributed by atoms with Crippen molar-refractivity contribution < 1.29 is 14.6 Å². The number of carbonyl (C=O) groups is 1. The third-order valence-corrected chi connectivity index (χ3v) is 3.94. The van der Waals surface area contributed by atoms with Gasteiger partial charge >= 0.3 is 5.97 Å². The molecule has 0 aliphatic carbocycles. The van der Waals surface area contributed by atoms with Gasteiger partial charge < -0.3 is 14.7 Å². The highest BCUT2D eigenvalue weighted by Crippen LogP contribution is 2.24. The maximum absolute atomic E-state index is 11.4. The minimum atomic E-state index is -1.06. The molecule has 0 atom stereocenters. The molecule has 3 aromatic rings. The molecule has 0 unspecified atom stereocenters. The number of hydrogen-bond donors (Lipinski definition) is 1. The lowest BCUT2D eigenvalue weighted by atomic mass is 10.2. The first-order valence-electron chi connectivity index (χ1n) is 7.59. The van der Waals surface area contributed by atoms with Crippen molar-refractivity contribution in [2.75, 3.05) is 31.2 Å². The molecule has 1 saturated heterocycles. The number of ether oxygens (including phenoxy) is 1. The van der Waals surface area contributed by atoms with Crippen molar-refractivity contribution in [3.8, 4) is 11.3 Å². The zero-order chi connectivity index (χ0) is 16.5. The van der Waals surface area contributed by atoms with E-state index in [1.807, 2.05) is 12.1 Å². The summed E-state index contributed by atoms with van der Waals surface area (Å²) in [4.78, 5) is 21.7. The Balaban J connectivity index is 1.88. The van der Waals surface area contributed by atoms with E-state index in [1.54, 1.807) is 29.0 Å². The van der Waals surface area contributed by atoms with E-state index in [-0.39, 0.29) is 5.69 Å². The Hall–Kier alpha value is -3.00. The Bertz CT molecular complexity index is 887. The molecule has 8 nitrogen and oxygen atoms in total. The van der Waals surface area contributed by atoms with Gasteiger partial charge in [0.1, 0.15) is 5.82 Å². The first-order chi connectivity index (χ1) is 11.7. The van der Waals surface area contributed by atoms with Gasteiger partial charge in [0.15, 0.2) is 11.3 Å². The second kappa shape index (κ2) is 5.89. The Morgan fingerprint density at radius 1 is 1.17 bits per heavy atom. The van der Waals surface area contributed by atoms with Crippen LogP contribution >= 0.6 is 0 Å². The van der Waals surface area contributed by atoms with Crippen LogP contribution in [0.4, 0.5) is 5.82 Å². The molecule has 24 heavy (non-hydrogen) atoms. The smallest absolute Gasteiger partial charge is 0.354 e. The van der Waals surface area contributed by atoms with Crippen molar-refractivity contribution in [1.29, 1.82) is 0 Å². The third kappa shape index (κ3) is 2.56. The summed E-state index contributed by atoms with van der Waals surface area (Å²) in [5.74, 6) is -0.348. The second-order valence-electron chi connectivity index (χ2n) is 5.44. The third-order valence-electron chi connectivity index (χ3n) is 3.94. The van der Waals surface area contributed by atoms with E-state index in [2.05, 4.69) is 20.0 Å². The first kappa shape index (κ1) is 14.6. The van der Waals surface area contributed by atoms with Gasteiger partial charge in [0.05, 0.1) is 18.9 Å². The van der Waals surface area contributed by atoms with Crippen LogP contribution in [0, 0.1) is 0 Å². The SMILES string of the molecule is O=C(O)c1cc(N2CCOCC2)n2nc(-c3ccncc3)cc2n1. The number of nitrogens with zero attached hydrogens (tertiary/aromatic N) is 5. The highest BCUT2D eigenvalue weighted by molar-refractivity contribution is 5.87. The van der Waals surface area contributed by atoms with Crippen LogP contribution in [0.25, 0.3) is 16.9 Å². The van der Waals surface area contributed by atoms with Crippen LogP contribution in [0.1, 0.15) is 10.5 Å². The lowest BCUT2D eigenvalue weighted by Gasteiger charge is -2.28. The van der Waals surface area contributed by atoms with Crippen LogP contribution in [0.15, 0.2) is 36.7 Å². The molecule has 1 fully saturated rings. The van der Waals surface area contributed by atoms with Crippen LogP contribution in [-0.4, -0.2) is 57.0 Å². The molecule has 4 heterocycles. The molecule has 122 valence electrons. The molecule has 0 radical (unpaired) electrons. The number of fused-ring (bicyclic) bond motifs is 1. The van der Waals surface area contributed by atoms with E-state index in [0.717, 1.165) is 11.3 Å². The monoisotopic (exact) mass is 325 g/mol. The lowest BCUT2D eigenvalue weighted by Crippen LogP contribution is -2.37. The normalized spacial score (nSPS) is 14.9. The fourth-order valence-electron chi connectivity index (χ4n) is 2.75. The van der Waals surface area contributed by atoms with Crippen LogP contribution in [0.3, 0.4) is 0 Å². The van der Waals surface area contributed by atoms with E-state index in [9.17, 15) is 9.90 Å². The van der Waals surface area contributed by atoms with Crippen molar-refractivity contribution in [2.24, 2.45) is 0 Å². The highest BCUT2D eigenvalue weighted by atomic mass is 16.5. The van der Waals surface area contributed by atoms with Gasteiger partial charge in [-0.1, -0.05) is 0 Å². The Labute approximate surface area is 137 Å². The van der Waals surface area contributed by atoms with Crippen molar-refractivity contribution >= 4 is 17.4 Å². The number of pyridine rings is 1. The summed E-state index contributed by atoms with van der Waals surface area (Å²) in [5.41, 5.74) is 2.13. The topological polar surface area (TPSA) is 92.8 Å². The largest absolute Gasteiger partial charge is 0.477 e. The van der Waals surface area contributed by atoms with Gasteiger partial charge in [-0.05, 0) is 12.1 Å². The van der Waals surface area contributed by atoms with Gasteiger partial charge in [-0.3, -0.25) is 4.98 Å². The van der Waals surface area contributed by atoms with E-state index in [1.165, 1.54) is 0 Å². The number of carboxylic acid groups (broad SMARTS) is 1. The second-order valence-corrected chi connectivity index (χ2v) is 5.44. The molecule has 0 bridgehead atoms. The van der Waals surface area contributed by atoms with Crippen LogP contribution in [-0.2, 0) is 4.74 Å². The average molecular weight is 325 g/mol. The molecule has 0 amide bonds. The predicted molar refractivity (Wildman–Crippen MR) is 86.2 cm³/mol. The molecule has 8 heteroatoms. The number of rotatable bonds is 3. The van der Waals surface area contributed by atoms with Crippen molar-refractivity contribution in [3.63, 3.8) is 0 Å². The molecule has 1 N–H and O–H groups in total. The highest BCUT2D eigenvalue weighted by Gasteiger charge is 2.20. The van der Waals surface area contributed by atoms with E-state index >= 15 is 0 Å². The minimum Gasteiger partial charge on any atom is -0.477 e. The lowest BCUT2D eigenvalue weighted by molar-refractivity contribution is 0.0690. The predicted octanol–water partition coefficient (Wildman–Crippen LogP) is 1.33. The maximum atomic E-state index is 11.4. The summed E-state index contributed by atoms with van der Waals surface area (Å²) in [6, 6.07) is 7.05. The minimum absolute atomic E-state index is 0.00479. The summed E-state index contributed by atoms with van der Waals surface area (Å²) in [5, 5.41) is 14.0. The zero-order valence-electron chi connectivity index (χ0n) is 12.8.